The van der Waals surface area contributed by atoms with Crippen LogP contribution in [0.1, 0.15) is 9.67 Å². The number of aromatic nitrogens is 2. The lowest BCUT2D eigenvalue weighted by molar-refractivity contribution is 0.0703. The van der Waals surface area contributed by atoms with E-state index >= 15 is 0 Å². The molecular weight excluding hydrogens is 232 g/mol. The second-order valence-corrected chi connectivity index (χ2v) is 4.96. The van der Waals surface area contributed by atoms with Gasteiger partial charge in [0.25, 0.3) is 0 Å². The molecule has 78 valence electrons. The SMILES string of the molecule is CSc1cc(-c2cn[nH]c2)c(C(=O)O)s1. The topological polar surface area (TPSA) is 66.0 Å². The minimum Gasteiger partial charge on any atom is -0.477 e. The van der Waals surface area contributed by atoms with Crippen LogP contribution in [0.4, 0.5) is 0 Å². The number of nitrogens with zero attached hydrogens (tertiary/aromatic N) is 1. The van der Waals surface area contributed by atoms with Gasteiger partial charge >= 0.3 is 5.97 Å². The van der Waals surface area contributed by atoms with Gasteiger partial charge in [0.05, 0.1) is 10.4 Å². The smallest absolute Gasteiger partial charge is 0.346 e. The van der Waals surface area contributed by atoms with Gasteiger partial charge in [-0.1, -0.05) is 0 Å². The fraction of sp³-hybridized carbons (Fsp3) is 0.111. The minimum atomic E-state index is -0.892. The molecule has 6 heteroatoms. The molecule has 0 aliphatic rings. The number of thiophene rings is 1. The van der Waals surface area contributed by atoms with Crippen LogP contribution in [-0.2, 0) is 0 Å². The van der Waals surface area contributed by atoms with Crippen LogP contribution in [0.3, 0.4) is 0 Å². The molecule has 0 spiro atoms. The average Bonchev–Trinajstić information content (AvgIpc) is 2.86. The molecule has 0 saturated heterocycles. The Bertz CT molecular complexity index is 476. The molecular formula is C9H8N2O2S2. The van der Waals surface area contributed by atoms with Crippen molar-refractivity contribution >= 4 is 29.1 Å². The maximum Gasteiger partial charge on any atom is 0.346 e. The van der Waals surface area contributed by atoms with Crippen LogP contribution in [-0.4, -0.2) is 27.5 Å². The fourth-order valence-electron chi connectivity index (χ4n) is 1.24. The van der Waals surface area contributed by atoms with Crippen molar-refractivity contribution < 1.29 is 9.90 Å². The number of nitrogens with one attached hydrogen (secondary N) is 1. The third-order valence-corrected chi connectivity index (χ3v) is 4.10. The molecule has 2 aromatic heterocycles. The van der Waals surface area contributed by atoms with Crippen molar-refractivity contribution in [3.8, 4) is 11.1 Å². The predicted octanol–water partition coefficient (Wildman–Crippen LogP) is 2.56. The molecule has 0 bridgehead atoms. The summed E-state index contributed by atoms with van der Waals surface area (Å²) in [5, 5.41) is 15.5. The van der Waals surface area contributed by atoms with E-state index in [1.807, 2.05) is 12.3 Å². The van der Waals surface area contributed by atoms with Gasteiger partial charge in [0.15, 0.2) is 0 Å². The van der Waals surface area contributed by atoms with E-state index in [0.717, 1.165) is 15.3 Å². The summed E-state index contributed by atoms with van der Waals surface area (Å²) in [7, 11) is 0. The molecule has 2 rings (SSSR count). The van der Waals surface area contributed by atoms with E-state index < -0.39 is 5.97 Å². The first kappa shape index (κ1) is 10.3. The van der Waals surface area contributed by atoms with Gasteiger partial charge < -0.3 is 5.11 Å². The highest BCUT2D eigenvalue weighted by molar-refractivity contribution is 8.00. The maximum atomic E-state index is 11.0. The molecule has 2 N–H and O–H groups in total. The minimum absolute atomic E-state index is 0.362. The molecule has 0 aliphatic heterocycles. The third kappa shape index (κ3) is 1.91. The van der Waals surface area contributed by atoms with Gasteiger partial charge in [-0.05, 0) is 12.3 Å². The van der Waals surface area contributed by atoms with Crippen LogP contribution in [0.15, 0.2) is 22.7 Å². The number of aromatic carboxylic acids is 1. The zero-order chi connectivity index (χ0) is 10.8. The monoisotopic (exact) mass is 240 g/mol. The first-order valence-corrected chi connectivity index (χ1v) is 6.16. The van der Waals surface area contributed by atoms with Crippen LogP contribution < -0.4 is 0 Å². The molecule has 0 unspecified atom stereocenters. The molecule has 0 saturated carbocycles. The van der Waals surface area contributed by atoms with E-state index in [2.05, 4.69) is 10.2 Å². The Balaban J connectivity index is 2.54. The highest BCUT2D eigenvalue weighted by Gasteiger charge is 2.16. The number of thioether (sulfide) groups is 1. The van der Waals surface area contributed by atoms with Gasteiger partial charge in [-0.15, -0.1) is 23.1 Å². The second-order valence-electron chi connectivity index (χ2n) is 2.80. The summed E-state index contributed by atoms with van der Waals surface area (Å²) in [6.45, 7) is 0. The Labute approximate surface area is 94.3 Å². The number of aromatic amines is 1. The Morgan fingerprint density at radius 3 is 3.00 bits per heavy atom. The largest absolute Gasteiger partial charge is 0.477 e. The number of hydrogen-bond donors (Lipinski definition) is 2. The van der Waals surface area contributed by atoms with Gasteiger partial charge in [0, 0.05) is 17.3 Å². The Morgan fingerprint density at radius 1 is 1.67 bits per heavy atom. The van der Waals surface area contributed by atoms with Gasteiger partial charge in [-0.25, -0.2) is 4.79 Å². The number of carboxylic acids is 1. The summed E-state index contributed by atoms with van der Waals surface area (Å²) in [5.41, 5.74) is 1.54. The number of rotatable bonds is 3. The van der Waals surface area contributed by atoms with Crippen LogP contribution in [0.2, 0.25) is 0 Å². The van der Waals surface area contributed by atoms with E-state index in [1.165, 1.54) is 11.3 Å². The van der Waals surface area contributed by atoms with Crippen molar-refractivity contribution in [2.45, 2.75) is 4.21 Å². The average molecular weight is 240 g/mol. The van der Waals surface area contributed by atoms with E-state index in [0.29, 0.717) is 4.88 Å². The van der Waals surface area contributed by atoms with E-state index in [1.54, 1.807) is 24.2 Å². The van der Waals surface area contributed by atoms with Crippen molar-refractivity contribution in [3.63, 3.8) is 0 Å². The summed E-state index contributed by atoms with van der Waals surface area (Å²) in [6.07, 6.45) is 5.24. The molecule has 2 aromatic rings. The van der Waals surface area contributed by atoms with Crippen LogP contribution >= 0.6 is 23.1 Å². The summed E-state index contributed by atoms with van der Waals surface area (Å²) >= 11 is 2.83. The standard InChI is InChI=1S/C9H8N2O2S2/c1-14-7-2-6(5-3-10-11-4-5)8(15-7)9(12)13/h2-4H,1H3,(H,10,11)(H,12,13). The first-order chi connectivity index (χ1) is 7.22. The van der Waals surface area contributed by atoms with Gasteiger partial charge in [-0.3, -0.25) is 5.10 Å². The van der Waals surface area contributed by atoms with Crippen LogP contribution in [0.5, 0.6) is 0 Å². The molecule has 2 heterocycles. The molecule has 0 aromatic carbocycles. The third-order valence-electron chi connectivity index (χ3n) is 1.91. The van der Waals surface area contributed by atoms with Crippen LogP contribution in [0, 0.1) is 0 Å². The maximum absolute atomic E-state index is 11.0. The second kappa shape index (κ2) is 4.08. The van der Waals surface area contributed by atoms with Crippen molar-refractivity contribution in [2.24, 2.45) is 0 Å². The van der Waals surface area contributed by atoms with Crippen molar-refractivity contribution in [1.82, 2.24) is 10.2 Å². The van der Waals surface area contributed by atoms with Crippen LogP contribution in [0.25, 0.3) is 11.1 Å². The molecule has 0 amide bonds. The van der Waals surface area contributed by atoms with E-state index in [4.69, 9.17) is 5.11 Å². The molecule has 0 atom stereocenters. The predicted molar refractivity (Wildman–Crippen MR) is 60.6 cm³/mol. The molecule has 0 aliphatic carbocycles. The zero-order valence-electron chi connectivity index (χ0n) is 7.85. The summed E-state index contributed by atoms with van der Waals surface area (Å²) in [5.74, 6) is -0.892. The fourth-order valence-corrected chi connectivity index (χ4v) is 2.81. The Kier molecular flexibility index (Phi) is 2.79. The number of H-pyrrole nitrogens is 1. The molecule has 0 radical (unpaired) electrons. The summed E-state index contributed by atoms with van der Waals surface area (Å²) in [6, 6.07) is 1.88. The Morgan fingerprint density at radius 2 is 2.47 bits per heavy atom. The lowest BCUT2D eigenvalue weighted by Gasteiger charge is -1.93. The normalized spacial score (nSPS) is 10.5. The Hall–Kier alpha value is -1.27. The molecule has 0 fully saturated rings. The van der Waals surface area contributed by atoms with Crippen molar-refractivity contribution in [2.75, 3.05) is 6.26 Å². The molecule has 4 nitrogen and oxygen atoms in total. The van der Waals surface area contributed by atoms with E-state index in [-0.39, 0.29) is 0 Å². The highest BCUT2D eigenvalue weighted by atomic mass is 32.2. The van der Waals surface area contributed by atoms with Gasteiger partial charge in [-0.2, -0.15) is 5.10 Å². The zero-order valence-corrected chi connectivity index (χ0v) is 9.48. The first-order valence-electron chi connectivity index (χ1n) is 4.12. The van der Waals surface area contributed by atoms with Gasteiger partial charge in [0.2, 0.25) is 0 Å². The lowest BCUT2D eigenvalue weighted by atomic mass is 10.1. The number of hydrogen-bond acceptors (Lipinski definition) is 4. The summed E-state index contributed by atoms with van der Waals surface area (Å²) < 4.78 is 0.989. The number of carbonyl (C=O) groups is 1. The van der Waals surface area contributed by atoms with Crippen molar-refractivity contribution in [1.29, 1.82) is 0 Å². The summed E-state index contributed by atoms with van der Waals surface area (Å²) in [4.78, 5) is 11.4. The molecule has 15 heavy (non-hydrogen) atoms. The van der Waals surface area contributed by atoms with Gasteiger partial charge in [0.1, 0.15) is 4.88 Å². The van der Waals surface area contributed by atoms with E-state index in [9.17, 15) is 4.79 Å². The lowest BCUT2D eigenvalue weighted by Crippen LogP contribution is -1.93. The van der Waals surface area contributed by atoms with Crippen molar-refractivity contribution in [3.05, 3.63) is 23.3 Å². The number of carboxylic acid groups (broad SMARTS) is 1. The quantitative estimate of drug-likeness (QED) is 0.809. The highest BCUT2D eigenvalue weighted by Crippen LogP contribution is 2.35.